The molecule has 0 bridgehead atoms. The molecule has 0 aromatic carbocycles. The second-order valence-corrected chi connectivity index (χ2v) is 12.4. The van der Waals surface area contributed by atoms with Gasteiger partial charge in [0.1, 0.15) is 0 Å². The Labute approximate surface area is 87.5 Å². The van der Waals surface area contributed by atoms with Crippen LogP contribution in [0.5, 0.6) is 0 Å². The fourth-order valence-electron chi connectivity index (χ4n) is 3.38. The Hall–Kier alpha value is 0.430. The third-order valence-corrected chi connectivity index (χ3v) is 6.75. The van der Waals surface area contributed by atoms with E-state index in [1.807, 2.05) is 0 Å². The van der Waals surface area contributed by atoms with Gasteiger partial charge >= 0.3 is 86.9 Å². The van der Waals surface area contributed by atoms with Crippen molar-refractivity contribution in [2.45, 2.75) is 77.8 Å². The van der Waals surface area contributed by atoms with Gasteiger partial charge in [0, 0.05) is 0 Å². The van der Waals surface area contributed by atoms with E-state index >= 15 is 0 Å². The summed E-state index contributed by atoms with van der Waals surface area (Å²) in [5, 5.41) is 0.385. The Morgan fingerprint density at radius 2 is 0.769 bits per heavy atom. The summed E-state index contributed by atoms with van der Waals surface area (Å²) >= 11 is 0. The van der Waals surface area contributed by atoms with Gasteiger partial charge in [-0.1, -0.05) is 0 Å². The van der Waals surface area contributed by atoms with Crippen LogP contribution in [0.25, 0.3) is 0 Å². The summed E-state index contributed by atoms with van der Waals surface area (Å²) in [7, 11) is -2.10. The summed E-state index contributed by atoms with van der Waals surface area (Å²) in [6, 6.07) is 0. The average molecular weight is 205 g/mol. The standard InChI is InChI=1S/C12H29P/c1-10(2,3)13(11(4,5)6)12(7,8)9/h13H2,1-9H3/i13D. The molecule has 0 rings (SSSR count). The molecule has 0 N–H and O–H groups in total. The number of hydrogen-bond acceptors (Lipinski definition) is 0. The van der Waals surface area contributed by atoms with Crippen molar-refractivity contribution in [3.63, 3.8) is 0 Å². The Morgan fingerprint density at radius 3 is 0.769 bits per heavy atom. The molecule has 0 heterocycles. The van der Waals surface area contributed by atoms with E-state index in [0.29, 0.717) is 0 Å². The number of hydrogen-bond donors (Lipinski definition) is 0. The molecular weight excluding hydrogens is 175 g/mol. The van der Waals surface area contributed by atoms with Crippen molar-refractivity contribution in [3.05, 3.63) is 0 Å². The second-order valence-electron chi connectivity index (χ2n) is 7.12. The molecule has 0 radical (unpaired) electrons. The van der Waals surface area contributed by atoms with Gasteiger partial charge in [-0.15, -0.1) is 0 Å². The zero-order valence-electron chi connectivity index (χ0n) is 12.0. The van der Waals surface area contributed by atoms with Crippen LogP contribution in [0.1, 0.15) is 62.3 Å². The fourth-order valence-corrected chi connectivity index (χ4v) is 10.1. The normalized spacial score (nSPS) is 18.4. The summed E-state index contributed by atoms with van der Waals surface area (Å²) in [6.07, 6.45) is 0. The molecule has 0 saturated carbocycles. The predicted octanol–water partition coefficient (Wildman–Crippen LogP) is 4.33. The zero-order chi connectivity index (χ0) is 12.0. The molecule has 0 amide bonds. The van der Waals surface area contributed by atoms with E-state index in [-0.39, 0.29) is 15.5 Å². The molecule has 0 aliphatic heterocycles. The summed E-state index contributed by atoms with van der Waals surface area (Å²) in [5.41, 5.74) is 0. The molecule has 0 aromatic rings. The first kappa shape index (κ1) is 11.5. The molecule has 0 nitrogen and oxygen atoms in total. The first-order valence-corrected chi connectivity index (χ1v) is 6.75. The van der Waals surface area contributed by atoms with Gasteiger partial charge in [0.05, 0.1) is 0 Å². The molecule has 0 saturated heterocycles. The zero-order valence-corrected chi connectivity index (χ0v) is 12.0. The van der Waals surface area contributed by atoms with Crippen molar-refractivity contribution in [2.24, 2.45) is 0 Å². The first-order valence-electron chi connectivity index (χ1n) is 5.75. The van der Waals surface area contributed by atoms with Gasteiger partial charge < -0.3 is 0 Å². The third kappa shape index (κ3) is 3.98. The van der Waals surface area contributed by atoms with E-state index < -0.39 is 7.87 Å². The molecule has 82 valence electrons. The van der Waals surface area contributed by atoms with Crippen molar-refractivity contribution in [1.82, 2.24) is 0 Å². The van der Waals surface area contributed by atoms with E-state index in [1.165, 1.54) is 0 Å². The van der Waals surface area contributed by atoms with Gasteiger partial charge in [-0.05, 0) is 0 Å². The van der Waals surface area contributed by atoms with Gasteiger partial charge in [-0.25, -0.2) is 0 Å². The topological polar surface area (TPSA) is 0 Å². The van der Waals surface area contributed by atoms with Crippen LogP contribution in [0, 0.1) is 0 Å². The van der Waals surface area contributed by atoms with Crippen molar-refractivity contribution in [1.29, 1.82) is 1.28 Å². The molecular formula is C12H29P. The van der Waals surface area contributed by atoms with Crippen molar-refractivity contribution in [3.8, 4) is 0 Å². The molecule has 0 aromatic heterocycles. The van der Waals surface area contributed by atoms with Crippen LogP contribution in [0.3, 0.4) is 0 Å². The SMILES string of the molecule is [2H][PH](C(C)(C)C)(C(C)(C)C)C(C)(C)C. The van der Waals surface area contributed by atoms with Crippen LogP contribution in [0.4, 0.5) is 0 Å². The van der Waals surface area contributed by atoms with Gasteiger partial charge in [0.25, 0.3) is 0 Å². The Bertz CT molecular complexity index is 164. The van der Waals surface area contributed by atoms with Crippen LogP contribution in [0.15, 0.2) is 0 Å². The van der Waals surface area contributed by atoms with Crippen LogP contribution in [-0.2, 0) is 0 Å². The second kappa shape index (κ2) is 3.54. The van der Waals surface area contributed by atoms with Gasteiger partial charge in [-0.2, -0.15) is 0 Å². The van der Waals surface area contributed by atoms with Crippen LogP contribution >= 0.6 is 7.87 Å². The molecule has 1 heteroatoms. The van der Waals surface area contributed by atoms with Crippen LogP contribution < -0.4 is 0 Å². The van der Waals surface area contributed by atoms with E-state index in [4.69, 9.17) is 1.28 Å². The Balaban J connectivity index is 5.54. The summed E-state index contributed by atoms with van der Waals surface area (Å²) < 4.78 is 9.01. The maximum absolute atomic E-state index is 9.01. The Kier molecular flexibility index (Phi) is 3.13. The van der Waals surface area contributed by atoms with Gasteiger partial charge in [-0.3, -0.25) is 0 Å². The van der Waals surface area contributed by atoms with Gasteiger partial charge in [0.15, 0.2) is 0 Å². The summed E-state index contributed by atoms with van der Waals surface area (Å²) in [6.45, 7) is 20.1. The van der Waals surface area contributed by atoms with E-state index in [0.717, 1.165) is 0 Å². The molecule has 0 spiro atoms. The molecule has 0 aliphatic carbocycles. The van der Waals surface area contributed by atoms with Gasteiger partial charge in [0.2, 0.25) is 0 Å². The number of rotatable bonds is 0. The predicted molar refractivity (Wildman–Crippen MR) is 69.0 cm³/mol. The van der Waals surface area contributed by atoms with E-state index in [1.54, 1.807) is 0 Å². The molecule has 0 fully saturated rings. The molecule has 0 atom stereocenters. The minimum absolute atomic E-state index is 0.128. The van der Waals surface area contributed by atoms with Crippen molar-refractivity contribution < 1.29 is 0 Å². The van der Waals surface area contributed by atoms with Crippen LogP contribution in [-0.4, -0.2) is 16.7 Å². The van der Waals surface area contributed by atoms with Crippen molar-refractivity contribution >= 4 is 7.87 Å². The first-order chi connectivity index (χ1) is 5.75. The van der Waals surface area contributed by atoms with Crippen molar-refractivity contribution in [2.75, 3.05) is 0 Å². The maximum atomic E-state index is 9.01. The fraction of sp³-hybridized carbons (Fsp3) is 1.00. The van der Waals surface area contributed by atoms with E-state index in [9.17, 15) is 0 Å². The minimum atomic E-state index is -2.10. The monoisotopic (exact) mass is 205 g/mol. The van der Waals surface area contributed by atoms with E-state index in [2.05, 4.69) is 62.3 Å². The van der Waals surface area contributed by atoms with Crippen LogP contribution in [0.2, 0.25) is 0 Å². The molecule has 0 aliphatic rings. The summed E-state index contributed by atoms with van der Waals surface area (Å²) in [4.78, 5) is 0. The molecule has 0 unspecified atom stereocenters. The molecule has 13 heavy (non-hydrogen) atoms. The third-order valence-electron chi connectivity index (χ3n) is 2.25. The summed E-state index contributed by atoms with van der Waals surface area (Å²) in [5.74, 6) is 0. The Morgan fingerprint density at radius 1 is 0.615 bits per heavy atom. The quantitative estimate of drug-likeness (QED) is 0.516. The average Bonchev–Trinajstić information content (AvgIpc) is 1.77.